The van der Waals surface area contributed by atoms with Crippen molar-refractivity contribution in [2.45, 2.75) is 25.0 Å². The van der Waals surface area contributed by atoms with Gasteiger partial charge in [0, 0.05) is 16.4 Å². The van der Waals surface area contributed by atoms with Crippen molar-refractivity contribution < 1.29 is 4.79 Å². The lowest BCUT2D eigenvalue weighted by Gasteiger charge is -2.28. The van der Waals surface area contributed by atoms with Crippen LogP contribution in [0.2, 0.25) is 5.02 Å². The van der Waals surface area contributed by atoms with E-state index in [2.05, 4.69) is 27.6 Å². The molecule has 2 heterocycles. The van der Waals surface area contributed by atoms with E-state index >= 15 is 0 Å². The zero-order valence-electron chi connectivity index (χ0n) is 16.0. The van der Waals surface area contributed by atoms with E-state index in [1.807, 2.05) is 37.3 Å². The molecular formula is C21H20ClN5OS. The van der Waals surface area contributed by atoms with Crippen molar-refractivity contribution in [2.75, 3.05) is 16.4 Å². The van der Waals surface area contributed by atoms with E-state index in [9.17, 15) is 4.79 Å². The van der Waals surface area contributed by atoms with Gasteiger partial charge in [-0.1, -0.05) is 60.6 Å². The number of halogens is 1. The van der Waals surface area contributed by atoms with Crippen LogP contribution in [-0.2, 0) is 4.79 Å². The highest BCUT2D eigenvalue weighted by atomic mass is 35.5. The molecule has 4 rings (SSSR count). The Hall–Kier alpha value is -2.77. The molecule has 0 unspecified atom stereocenters. The number of fused-ring (bicyclic) bond motifs is 1. The average molecular weight is 426 g/mol. The number of carbonyl (C=O) groups excluding carboxylic acids is 1. The van der Waals surface area contributed by atoms with Gasteiger partial charge in [-0.15, -0.1) is 5.10 Å². The van der Waals surface area contributed by atoms with E-state index < -0.39 is 0 Å². The third-order valence-corrected chi connectivity index (χ3v) is 5.54. The summed E-state index contributed by atoms with van der Waals surface area (Å²) in [4.78, 5) is 17.9. The predicted octanol–water partition coefficient (Wildman–Crippen LogP) is 4.97. The van der Waals surface area contributed by atoms with Gasteiger partial charge < -0.3 is 10.6 Å². The highest BCUT2D eigenvalue weighted by Gasteiger charge is 2.34. The van der Waals surface area contributed by atoms with Crippen LogP contribution in [0.1, 0.15) is 25.5 Å². The first kappa shape index (κ1) is 19.5. The highest BCUT2D eigenvalue weighted by molar-refractivity contribution is 7.99. The molecule has 3 aromatic rings. The second kappa shape index (κ2) is 8.31. The largest absolute Gasteiger partial charge is 0.328 e. The monoisotopic (exact) mass is 425 g/mol. The maximum atomic E-state index is 13.3. The van der Waals surface area contributed by atoms with E-state index in [1.54, 1.807) is 40.7 Å². The number of allylic oxidation sites excluding steroid dienone is 1. The normalized spacial score (nSPS) is 15.6. The van der Waals surface area contributed by atoms with Gasteiger partial charge in [0.25, 0.3) is 5.91 Å². The minimum absolute atomic E-state index is 0.197. The number of hydrogen-bond donors (Lipinski definition) is 2. The Labute approximate surface area is 178 Å². The molecule has 148 valence electrons. The fraction of sp³-hybridized carbons (Fsp3) is 0.190. The molecule has 1 amide bonds. The number of anilines is 2. The van der Waals surface area contributed by atoms with E-state index in [4.69, 9.17) is 11.6 Å². The quantitative estimate of drug-likeness (QED) is 0.564. The van der Waals surface area contributed by atoms with Crippen LogP contribution in [0.25, 0.3) is 0 Å². The molecule has 8 heteroatoms. The van der Waals surface area contributed by atoms with Crippen LogP contribution in [0.15, 0.2) is 71.0 Å². The van der Waals surface area contributed by atoms with Gasteiger partial charge in [-0.2, -0.15) is 4.98 Å². The summed E-state index contributed by atoms with van der Waals surface area (Å²) >= 11 is 7.52. The van der Waals surface area contributed by atoms with Crippen LogP contribution < -0.4 is 10.6 Å². The van der Waals surface area contributed by atoms with E-state index in [-0.39, 0.29) is 11.9 Å². The summed E-state index contributed by atoms with van der Waals surface area (Å²) in [5.41, 5.74) is 2.99. The first-order valence-electron chi connectivity index (χ1n) is 9.26. The fourth-order valence-corrected chi connectivity index (χ4v) is 3.97. The van der Waals surface area contributed by atoms with Crippen molar-refractivity contribution in [2.24, 2.45) is 0 Å². The summed E-state index contributed by atoms with van der Waals surface area (Å²) in [5.74, 6) is 1.31. The summed E-state index contributed by atoms with van der Waals surface area (Å²) in [5, 5.41) is 12.2. The molecule has 0 bridgehead atoms. The molecule has 0 radical (unpaired) electrons. The fourth-order valence-electron chi connectivity index (χ4n) is 3.29. The lowest BCUT2D eigenvalue weighted by atomic mass is 9.95. The molecule has 6 nitrogen and oxygen atoms in total. The van der Waals surface area contributed by atoms with Gasteiger partial charge in [0.05, 0.1) is 5.57 Å². The maximum absolute atomic E-state index is 13.3. The number of amides is 1. The highest BCUT2D eigenvalue weighted by Crippen LogP contribution is 2.36. The molecule has 0 saturated heterocycles. The molecule has 1 aliphatic rings. The minimum atomic E-state index is -0.376. The van der Waals surface area contributed by atoms with Crippen LogP contribution in [0.5, 0.6) is 0 Å². The average Bonchev–Trinajstić information content (AvgIpc) is 3.11. The number of carbonyl (C=O) groups is 1. The molecule has 0 saturated carbocycles. The van der Waals surface area contributed by atoms with Crippen LogP contribution >= 0.6 is 23.4 Å². The number of nitrogens with zero attached hydrogens (tertiary/aromatic N) is 3. The Morgan fingerprint density at radius 3 is 2.62 bits per heavy atom. The number of aromatic nitrogens is 3. The van der Waals surface area contributed by atoms with Crippen molar-refractivity contribution in [1.29, 1.82) is 0 Å². The molecule has 1 aliphatic heterocycles. The van der Waals surface area contributed by atoms with Crippen molar-refractivity contribution in [3.63, 3.8) is 0 Å². The Morgan fingerprint density at radius 2 is 1.93 bits per heavy atom. The molecular weight excluding hydrogens is 406 g/mol. The van der Waals surface area contributed by atoms with Gasteiger partial charge in [-0.05, 0) is 42.5 Å². The molecule has 2 aromatic carbocycles. The molecule has 2 N–H and O–H groups in total. The molecule has 1 aromatic heterocycles. The Kier molecular flexibility index (Phi) is 5.60. The molecule has 0 spiro atoms. The zero-order chi connectivity index (χ0) is 20.4. The van der Waals surface area contributed by atoms with Crippen molar-refractivity contribution in [3.8, 4) is 0 Å². The van der Waals surface area contributed by atoms with Gasteiger partial charge >= 0.3 is 0 Å². The summed E-state index contributed by atoms with van der Waals surface area (Å²) < 4.78 is 1.79. The Bertz CT molecular complexity index is 1060. The topological polar surface area (TPSA) is 71.8 Å². The van der Waals surface area contributed by atoms with Crippen molar-refractivity contribution in [3.05, 3.63) is 76.5 Å². The van der Waals surface area contributed by atoms with E-state index in [1.165, 1.54) is 0 Å². The first-order chi connectivity index (χ1) is 14.1. The maximum Gasteiger partial charge on any atom is 0.255 e. The first-order valence-corrected chi connectivity index (χ1v) is 10.6. The van der Waals surface area contributed by atoms with Crippen LogP contribution in [0, 0.1) is 0 Å². The molecule has 0 fully saturated rings. The van der Waals surface area contributed by atoms with Crippen LogP contribution in [0.3, 0.4) is 0 Å². The van der Waals surface area contributed by atoms with E-state index in [0.29, 0.717) is 27.4 Å². The lowest BCUT2D eigenvalue weighted by molar-refractivity contribution is -0.113. The zero-order valence-corrected chi connectivity index (χ0v) is 17.6. The summed E-state index contributed by atoms with van der Waals surface area (Å²) in [6.45, 7) is 3.94. The predicted molar refractivity (Wildman–Crippen MR) is 117 cm³/mol. The summed E-state index contributed by atoms with van der Waals surface area (Å²) in [6.07, 6.45) is 0. The Balaban J connectivity index is 1.75. The van der Waals surface area contributed by atoms with Crippen molar-refractivity contribution >= 4 is 40.9 Å². The van der Waals surface area contributed by atoms with Gasteiger partial charge in [-0.25, -0.2) is 4.68 Å². The van der Waals surface area contributed by atoms with Gasteiger partial charge in [0.1, 0.15) is 6.04 Å². The number of thioether (sulfide) groups is 1. The van der Waals surface area contributed by atoms with Gasteiger partial charge in [0.2, 0.25) is 11.1 Å². The Morgan fingerprint density at radius 1 is 1.21 bits per heavy atom. The van der Waals surface area contributed by atoms with Crippen molar-refractivity contribution in [1.82, 2.24) is 14.8 Å². The third-order valence-electron chi connectivity index (χ3n) is 4.57. The number of nitrogens with one attached hydrogen (secondary N) is 2. The minimum Gasteiger partial charge on any atom is -0.328 e. The van der Waals surface area contributed by atoms with Gasteiger partial charge in [0.15, 0.2) is 0 Å². The number of rotatable bonds is 5. The third kappa shape index (κ3) is 4.02. The number of hydrogen-bond acceptors (Lipinski definition) is 5. The van der Waals surface area contributed by atoms with E-state index in [0.717, 1.165) is 17.0 Å². The van der Waals surface area contributed by atoms with Gasteiger partial charge in [-0.3, -0.25) is 4.79 Å². The molecule has 1 atom stereocenters. The van der Waals surface area contributed by atoms with Crippen LogP contribution in [0.4, 0.5) is 11.6 Å². The lowest BCUT2D eigenvalue weighted by Crippen LogP contribution is -2.31. The second-order valence-corrected chi connectivity index (χ2v) is 8.20. The van der Waals surface area contributed by atoms with Crippen LogP contribution in [-0.4, -0.2) is 26.4 Å². The standard InChI is InChI=1S/C21H20ClN5OS/c1-3-29-21-25-20-23-13(2)17(19(28)24-16-11-9-15(22)10-12-16)18(27(20)26-21)14-7-5-4-6-8-14/h4-12,18H,3H2,1-2H3,(H,24,28)(H,23,25,26)/t18-/m1/s1. The SMILES string of the molecule is CCSc1nc2n(n1)[C@H](c1ccccc1)C(C(=O)Nc1ccc(Cl)cc1)=C(C)N2. The summed E-state index contributed by atoms with van der Waals surface area (Å²) in [7, 11) is 0. The molecule has 0 aliphatic carbocycles. The molecule has 29 heavy (non-hydrogen) atoms. The second-order valence-electron chi connectivity index (χ2n) is 6.53. The summed E-state index contributed by atoms with van der Waals surface area (Å²) in [6, 6.07) is 16.5. The number of benzene rings is 2. The smallest absolute Gasteiger partial charge is 0.255 e.